The molecular weight excluding hydrogens is 156 g/mol. The Morgan fingerprint density at radius 3 is 3.00 bits per heavy atom. The van der Waals surface area contributed by atoms with Crippen molar-refractivity contribution in [1.29, 1.82) is 0 Å². The smallest absolute Gasteiger partial charge is 0.0811 e. The SMILES string of the molecule is CC(C)NC1C=CNC(=S)C1. The Kier molecular flexibility index (Phi) is 3.02. The van der Waals surface area contributed by atoms with Crippen LogP contribution in [0.25, 0.3) is 0 Å². The van der Waals surface area contributed by atoms with Crippen molar-refractivity contribution in [3.05, 3.63) is 12.3 Å². The Morgan fingerprint density at radius 2 is 2.45 bits per heavy atom. The molecular formula is C8H14N2S. The van der Waals surface area contributed by atoms with E-state index < -0.39 is 0 Å². The van der Waals surface area contributed by atoms with E-state index in [9.17, 15) is 0 Å². The van der Waals surface area contributed by atoms with Gasteiger partial charge in [0.25, 0.3) is 0 Å². The number of rotatable bonds is 2. The van der Waals surface area contributed by atoms with Crippen LogP contribution in [0.3, 0.4) is 0 Å². The van der Waals surface area contributed by atoms with Gasteiger partial charge in [0, 0.05) is 18.5 Å². The van der Waals surface area contributed by atoms with Crippen molar-refractivity contribution < 1.29 is 0 Å². The van der Waals surface area contributed by atoms with E-state index in [4.69, 9.17) is 12.2 Å². The number of nitrogens with one attached hydrogen (secondary N) is 2. The highest BCUT2D eigenvalue weighted by molar-refractivity contribution is 7.80. The van der Waals surface area contributed by atoms with Crippen LogP contribution in [-0.2, 0) is 0 Å². The molecule has 1 atom stereocenters. The van der Waals surface area contributed by atoms with E-state index in [0.29, 0.717) is 12.1 Å². The van der Waals surface area contributed by atoms with Crippen LogP contribution in [-0.4, -0.2) is 17.1 Å². The molecule has 0 aliphatic carbocycles. The van der Waals surface area contributed by atoms with E-state index in [-0.39, 0.29) is 0 Å². The molecule has 0 saturated carbocycles. The van der Waals surface area contributed by atoms with Crippen LogP contribution in [0.5, 0.6) is 0 Å². The Balaban J connectivity index is 2.40. The van der Waals surface area contributed by atoms with E-state index in [1.54, 1.807) is 0 Å². The summed E-state index contributed by atoms with van der Waals surface area (Å²) in [5.74, 6) is 0. The molecule has 0 radical (unpaired) electrons. The van der Waals surface area contributed by atoms with Gasteiger partial charge in [0.2, 0.25) is 0 Å². The lowest BCUT2D eigenvalue weighted by molar-refractivity contribution is 0.527. The van der Waals surface area contributed by atoms with Gasteiger partial charge in [-0.3, -0.25) is 0 Å². The lowest BCUT2D eigenvalue weighted by Gasteiger charge is -2.21. The lowest BCUT2D eigenvalue weighted by atomic mass is 10.1. The van der Waals surface area contributed by atoms with Gasteiger partial charge in [-0.25, -0.2) is 0 Å². The highest BCUT2D eigenvalue weighted by Crippen LogP contribution is 2.01. The summed E-state index contributed by atoms with van der Waals surface area (Å²) in [6, 6.07) is 0.939. The van der Waals surface area contributed by atoms with Gasteiger partial charge in [-0.2, -0.15) is 0 Å². The Labute approximate surface area is 73.1 Å². The normalized spacial score (nSPS) is 23.9. The molecule has 0 bridgehead atoms. The molecule has 3 heteroatoms. The first-order valence-corrected chi connectivity index (χ1v) is 4.31. The number of thiocarbonyl (C=S) groups is 1. The van der Waals surface area contributed by atoms with Gasteiger partial charge < -0.3 is 10.6 Å². The van der Waals surface area contributed by atoms with E-state index >= 15 is 0 Å². The molecule has 0 saturated heterocycles. The molecule has 1 heterocycles. The lowest BCUT2D eigenvalue weighted by Crippen LogP contribution is -2.39. The first kappa shape index (κ1) is 8.68. The highest BCUT2D eigenvalue weighted by atomic mass is 32.1. The van der Waals surface area contributed by atoms with Crippen molar-refractivity contribution >= 4 is 17.2 Å². The van der Waals surface area contributed by atoms with Gasteiger partial charge in [-0.15, -0.1) is 0 Å². The Bertz CT molecular complexity index is 175. The quantitative estimate of drug-likeness (QED) is 0.609. The van der Waals surface area contributed by atoms with Gasteiger partial charge in [0.1, 0.15) is 0 Å². The maximum Gasteiger partial charge on any atom is 0.0811 e. The predicted octanol–water partition coefficient (Wildman–Crippen LogP) is 1.19. The third-order valence-electron chi connectivity index (χ3n) is 1.53. The standard InChI is InChI=1S/C8H14N2S/c1-6(2)10-7-3-4-9-8(11)5-7/h3-4,6-7,10H,5H2,1-2H3,(H,9,11). The van der Waals surface area contributed by atoms with Crippen molar-refractivity contribution in [1.82, 2.24) is 10.6 Å². The van der Waals surface area contributed by atoms with E-state index in [0.717, 1.165) is 11.4 Å². The molecule has 2 N–H and O–H groups in total. The van der Waals surface area contributed by atoms with Crippen LogP contribution in [0.15, 0.2) is 12.3 Å². The summed E-state index contributed by atoms with van der Waals surface area (Å²) in [6.45, 7) is 4.28. The molecule has 0 amide bonds. The zero-order valence-corrected chi connectivity index (χ0v) is 7.74. The first-order chi connectivity index (χ1) is 5.18. The minimum Gasteiger partial charge on any atom is -0.356 e. The zero-order chi connectivity index (χ0) is 8.27. The minimum absolute atomic E-state index is 0.420. The summed E-state index contributed by atoms with van der Waals surface area (Å²) in [7, 11) is 0. The third-order valence-corrected chi connectivity index (χ3v) is 1.81. The maximum absolute atomic E-state index is 5.03. The molecule has 1 unspecified atom stereocenters. The van der Waals surface area contributed by atoms with Gasteiger partial charge in [-0.05, 0) is 6.20 Å². The van der Waals surface area contributed by atoms with Gasteiger partial charge in [0.05, 0.1) is 4.99 Å². The second-order valence-electron chi connectivity index (χ2n) is 3.06. The van der Waals surface area contributed by atoms with Crippen molar-refractivity contribution in [2.75, 3.05) is 0 Å². The second-order valence-corrected chi connectivity index (χ2v) is 3.55. The van der Waals surface area contributed by atoms with Crippen LogP contribution >= 0.6 is 12.2 Å². The fraction of sp³-hybridized carbons (Fsp3) is 0.625. The molecule has 1 aliphatic rings. The van der Waals surface area contributed by atoms with Crippen LogP contribution < -0.4 is 10.6 Å². The van der Waals surface area contributed by atoms with Crippen molar-refractivity contribution in [2.45, 2.75) is 32.4 Å². The summed E-state index contributed by atoms with van der Waals surface area (Å²) in [6.07, 6.45) is 4.94. The number of hydrogen-bond acceptors (Lipinski definition) is 2. The first-order valence-electron chi connectivity index (χ1n) is 3.90. The highest BCUT2D eigenvalue weighted by Gasteiger charge is 2.11. The zero-order valence-electron chi connectivity index (χ0n) is 6.92. The molecule has 1 rings (SSSR count). The second kappa shape index (κ2) is 3.83. The average Bonchev–Trinajstić information content (AvgIpc) is 1.85. The maximum atomic E-state index is 5.03. The fourth-order valence-electron chi connectivity index (χ4n) is 1.13. The van der Waals surface area contributed by atoms with Crippen molar-refractivity contribution in [2.24, 2.45) is 0 Å². The topological polar surface area (TPSA) is 24.1 Å². The van der Waals surface area contributed by atoms with Crippen LogP contribution in [0.1, 0.15) is 20.3 Å². The molecule has 11 heavy (non-hydrogen) atoms. The molecule has 0 spiro atoms. The summed E-state index contributed by atoms with van der Waals surface area (Å²) < 4.78 is 0. The molecule has 0 aromatic carbocycles. The molecule has 62 valence electrons. The van der Waals surface area contributed by atoms with Gasteiger partial charge in [0.15, 0.2) is 0 Å². The van der Waals surface area contributed by atoms with E-state index in [2.05, 4.69) is 30.6 Å². The van der Waals surface area contributed by atoms with E-state index in [1.165, 1.54) is 0 Å². The monoisotopic (exact) mass is 170 g/mol. The molecule has 0 aromatic rings. The summed E-state index contributed by atoms with van der Waals surface area (Å²) in [5.41, 5.74) is 0. The average molecular weight is 170 g/mol. The molecule has 2 nitrogen and oxygen atoms in total. The van der Waals surface area contributed by atoms with Crippen molar-refractivity contribution in [3.8, 4) is 0 Å². The molecule has 0 aromatic heterocycles. The number of hydrogen-bond donors (Lipinski definition) is 2. The summed E-state index contributed by atoms with van der Waals surface area (Å²) in [4.78, 5) is 0.922. The van der Waals surface area contributed by atoms with Gasteiger partial charge >= 0.3 is 0 Å². The summed E-state index contributed by atoms with van der Waals surface area (Å²) >= 11 is 5.03. The Morgan fingerprint density at radius 1 is 1.73 bits per heavy atom. The van der Waals surface area contributed by atoms with Crippen LogP contribution in [0.2, 0.25) is 0 Å². The minimum atomic E-state index is 0.420. The summed E-state index contributed by atoms with van der Waals surface area (Å²) in [5, 5.41) is 6.39. The van der Waals surface area contributed by atoms with Crippen LogP contribution in [0, 0.1) is 0 Å². The predicted molar refractivity (Wildman–Crippen MR) is 51.6 cm³/mol. The Hall–Kier alpha value is -0.410. The van der Waals surface area contributed by atoms with Gasteiger partial charge in [-0.1, -0.05) is 32.1 Å². The van der Waals surface area contributed by atoms with E-state index in [1.807, 2.05) is 6.20 Å². The third kappa shape index (κ3) is 2.99. The van der Waals surface area contributed by atoms with Crippen LogP contribution in [0.4, 0.5) is 0 Å². The van der Waals surface area contributed by atoms with Crippen molar-refractivity contribution in [3.63, 3.8) is 0 Å². The molecule has 0 fully saturated rings. The fourth-order valence-corrected chi connectivity index (χ4v) is 1.37. The molecule has 1 aliphatic heterocycles. The largest absolute Gasteiger partial charge is 0.356 e.